The molecule has 1 aromatic heterocycles. The Hall–Kier alpha value is -4.84. The molecule has 0 radical (unpaired) electrons. The molecule has 0 saturated carbocycles. The van der Waals surface area contributed by atoms with Crippen molar-refractivity contribution in [1.29, 1.82) is 0 Å². The molecule has 0 spiro atoms. The number of oxime groups is 1. The molecular formula is C34H30N2O4. The lowest BCUT2D eigenvalue weighted by Gasteiger charge is -2.19. The highest BCUT2D eigenvalue weighted by Crippen LogP contribution is 2.36. The van der Waals surface area contributed by atoms with Gasteiger partial charge in [0, 0.05) is 40.1 Å². The van der Waals surface area contributed by atoms with Crippen LogP contribution in [0.15, 0.2) is 96.2 Å². The first-order valence-corrected chi connectivity index (χ1v) is 13.1. The van der Waals surface area contributed by atoms with Gasteiger partial charge in [-0.25, -0.2) is 4.79 Å². The van der Waals surface area contributed by atoms with Gasteiger partial charge in [-0.2, -0.15) is 0 Å². The minimum absolute atomic E-state index is 0.0475. The number of Topliss-reactive ketones (excluding diaryl/α,β-unsaturated/α-hetero) is 1. The molecule has 6 heteroatoms. The van der Waals surface area contributed by atoms with E-state index in [-0.39, 0.29) is 22.7 Å². The lowest BCUT2D eigenvalue weighted by atomic mass is 9.86. The average Bonchev–Trinajstić information content (AvgIpc) is 3.28. The number of hydrogen-bond acceptors (Lipinski definition) is 5. The number of benzene rings is 4. The molecule has 0 aliphatic rings. The smallest absolute Gasteiger partial charge is 0.318 e. The first-order chi connectivity index (χ1) is 19.0. The Kier molecular flexibility index (Phi) is 6.94. The van der Waals surface area contributed by atoms with Crippen LogP contribution >= 0.6 is 0 Å². The van der Waals surface area contributed by atoms with Crippen LogP contribution in [0, 0.1) is 0 Å². The van der Waals surface area contributed by atoms with Crippen molar-refractivity contribution in [3.05, 3.63) is 113 Å². The minimum atomic E-state index is -0.589. The normalized spacial score (nSPS) is 12.1. The van der Waals surface area contributed by atoms with Crippen molar-refractivity contribution in [1.82, 2.24) is 4.57 Å². The lowest BCUT2D eigenvalue weighted by molar-refractivity contribution is -0.140. The van der Waals surface area contributed by atoms with Crippen molar-refractivity contribution in [2.45, 2.75) is 40.0 Å². The molecule has 0 N–H and O–H groups in total. The summed E-state index contributed by atoms with van der Waals surface area (Å²) >= 11 is 0. The van der Waals surface area contributed by atoms with Gasteiger partial charge >= 0.3 is 5.97 Å². The van der Waals surface area contributed by atoms with E-state index >= 15 is 0 Å². The van der Waals surface area contributed by atoms with Gasteiger partial charge in [-0.1, -0.05) is 74.5 Å². The monoisotopic (exact) mass is 530 g/mol. The maximum Gasteiger partial charge on any atom is 0.331 e. The zero-order valence-electron chi connectivity index (χ0n) is 23.2. The Morgan fingerprint density at radius 1 is 0.700 bits per heavy atom. The number of fused-ring (bicyclic) bond motifs is 3. The van der Waals surface area contributed by atoms with Gasteiger partial charge in [0.15, 0.2) is 5.78 Å². The van der Waals surface area contributed by atoms with Crippen LogP contribution in [0.5, 0.6) is 0 Å². The van der Waals surface area contributed by atoms with Crippen molar-refractivity contribution in [3.8, 4) is 5.69 Å². The summed E-state index contributed by atoms with van der Waals surface area (Å²) in [6, 6.07) is 28.7. The van der Waals surface area contributed by atoms with Gasteiger partial charge in [0.2, 0.25) is 5.78 Å². The van der Waals surface area contributed by atoms with E-state index in [0.717, 1.165) is 33.1 Å². The van der Waals surface area contributed by atoms with Crippen LogP contribution in [0.4, 0.5) is 0 Å². The molecule has 0 amide bonds. The van der Waals surface area contributed by atoms with Gasteiger partial charge in [0.1, 0.15) is 5.71 Å². The maximum absolute atomic E-state index is 13.2. The number of carbonyl (C=O) groups excluding carboxylic acids is 3. The highest BCUT2D eigenvalue weighted by molar-refractivity contribution is 6.45. The highest BCUT2D eigenvalue weighted by Gasteiger charge is 2.20. The van der Waals surface area contributed by atoms with Crippen molar-refractivity contribution in [2.75, 3.05) is 0 Å². The number of ketones is 2. The Morgan fingerprint density at radius 3 is 2.02 bits per heavy atom. The fraction of sp³-hybridized carbons (Fsp3) is 0.176. The van der Waals surface area contributed by atoms with Crippen molar-refractivity contribution in [2.24, 2.45) is 5.16 Å². The van der Waals surface area contributed by atoms with Crippen LogP contribution in [0.2, 0.25) is 0 Å². The second kappa shape index (κ2) is 10.4. The SMILES string of the molecule is CC(=O)ON=C(C)C(=O)c1ccc2c(c1)c1cc(C(C)(C)C)ccc1n2-c1cccc(C(=O)c2ccccc2)c1. The van der Waals surface area contributed by atoms with Gasteiger partial charge in [-0.3, -0.25) is 9.59 Å². The minimum Gasteiger partial charge on any atom is -0.318 e. The van der Waals surface area contributed by atoms with E-state index in [1.165, 1.54) is 13.8 Å². The zero-order valence-corrected chi connectivity index (χ0v) is 23.2. The van der Waals surface area contributed by atoms with Crippen molar-refractivity contribution < 1.29 is 19.2 Å². The summed E-state index contributed by atoms with van der Waals surface area (Å²) in [6.07, 6.45) is 0. The van der Waals surface area contributed by atoms with Gasteiger partial charge < -0.3 is 9.40 Å². The molecule has 200 valence electrons. The summed E-state index contributed by atoms with van der Waals surface area (Å²) in [4.78, 5) is 42.2. The van der Waals surface area contributed by atoms with Gasteiger partial charge in [0.25, 0.3) is 0 Å². The third kappa shape index (κ3) is 5.08. The van der Waals surface area contributed by atoms with E-state index < -0.39 is 5.97 Å². The Bertz CT molecular complexity index is 1820. The molecule has 0 fully saturated rings. The summed E-state index contributed by atoms with van der Waals surface area (Å²) in [5, 5.41) is 5.56. The average molecular weight is 531 g/mol. The molecule has 5 rings (SSSR count). The number of aromatic nitrogens is 1. The summed E-state index contributed by atoms with van der Waals surface area (Å²) in [5.74, 6) is -0.964. The highest BCUT2D eigenvalue weighted by atomic mass is 16.7. The van der Waals surface area contributed by atoms with Crippen molar-refractivity contribution in [3.63, 3.8) is 0 Å². The molecule has 0 unspecified atom stereocenters. The van der Waals surface area contributed by atoms with Crippen LogP contribution in [0.3, 0.4) is 0 Å². The largest absolute Gasteiger partial charge is 0.331 e. The van der Waals surface area contributed by atoms with Crippen LogP contribution in [-0.2, 0) is 15.0 Å². The molecule has 1 heterocycles. The number of carbonyl (C=O) groups is 3. The predicted octanol–water partition coefficient (Wildman–Crippen LogP) is 7.43. The molecule has 4 aromatic carbocycles. The molecule has 40 heavy (non-hydrogen) atoms. The fourth-order valence-electron chi connectivity index (χ4n) is 4.83. The number of hydrogen-bond donors (Lipinski definition) is 0. The molecule has 0 atom stereocenters. The van der Waals surface area contributed by atoms with Crippen molar-refractivity contribution >= 4 is 45.1 Å². The molecule has 0 aliphatic heterocycles. The molecule has 0 bridgehead atoms. The van der Waals surface area contributed by atoms with Crippen LogP contribution in [-0.4, -0.2) is 27.8 Å². The summed E-state index contributed by atoms with van der Waals surface area (Å²) in [5.41, 5.74) is 5.53. The second-order valence-corrected chi connectivity index (χ2v) is 10.9. The molecule has 0 aliphatic carbocycles. The number of rotatable bonds is 6. The van der Waals surface area contributed by atoms with Crippen LogP contribution < -0.4 is 0 Å². The second-order valence-electron chi connectivity index (χ2n) is 10.9. The van der Waals surface area contributed by atoms with E-state index in [2.05, 4.69) is 53.5 Å². The van der Waals surface area contributed by atoms with Gasteiger partial charge in [-0.15, -0.1) is 0 Å². The predicted molar refractivity (Wildman–Crippen MR) is 159 cm³/mol. The summed E-state index contributed by atoms with van der Waals surface area (Å²) < 4.78 is 2.12. The molecule has 5 aromatic rings. The van der Waals surface area contributed by atoms with E-state index in [4.69, 9.17) is 0 Å². The van der Waals surface area contributed by atoms with E-state index in [1.54, 1.807) is 6.07 Å². The van der Waals surface area contributed by atoms with Gasteiger partial charge in [-0.05, 0) is 60.4 Å². The lowest BCUT2D eigenvalue weighted by Crippen LogP contribution is -2.12. The molecular weight excluding hydrogens is 500 g/mol. The summed E-state index contributed by atoms with van der Waals surface area (Å²) in [6.45, 7) is 9.24. The van der Waals surface area contributed by atoms with Gasteiger partial charge in [0.05, 0.1) is 11.0 Å². The Labute approximate surface area is 232 Å². The third-order valence-electron chi connectivity index (χ3n) is 6.94. The molecule has 0 saturated heterocycles. The maximum atomic E-state index is 13.2. The third-order valence-corrected chi connectivity index (χ3v) is 6.94. The summed E-state index contributed by atoms with van der Waals surface area (Å²) in [7, 11) is 0. The fourth-order valence-corrected chi connectivity index (χ4v) is 4.83. The Morgan fingerprint density at radius 2 is 1.35 bits per heavy atom. The quantitative estimate of drug-likeness (QED) is 0.0990. The number of nitrogens with zero attached hydrogens (tertiary/aromatic N) is 2. The standard InChI is InChI=1S/C34H30N2O4/c1-21(35-40-22(2)37)32(38)25-14-16-30-28(19-25)29-20-26(34(3,4)5)15-17-31(29)36(30)27-13-9-12-24(18-27)33(39)23-10-7-6-8-11-23/h6-20H,1-5H3. The van der Waals surface area contributed by atoms with Crippen LogP contribution in [0.25, 0.3) is 27.5 Å². The van der Waals surface area contributed by atoms with Crippen LogP contribution in [0.1, 0.15) is 66.5 Å². The first kappa shape index (κ1) is 26.8. The van der Waals surface area contributed by atoms with E-state index in [1.807, 2.05) is 66.7 Å². The van der Waals surface area contributed by atoms with E-state index in [9.17, 15) is 14.4 Å². The van der Waals surface area contributed by atoms with E-state index in [0.29, 0.717) is 16.7 Å². The first-order valence-electron chi connectivity index (χ1n) is 13.1. The molecule has 6 nitrogen and oxygen atoms in total. The Balaban J connectivity index is 1.71. The topological polar surface area (TPSA) is 77.7 Å². The zero-order chi connectivity index (χ0) is 28.6.